The molecule has 1 aromatic heterocycles. The van der Waals surface area contributed by atoms with E-state index in [-0.39, 0.29) is 12.0 Å². The minimum absolute atomic E-state index is 0.105. The summed E-state index contributed by atoms with van der Waals surface area (Å²) < 4.78 is 5.05. The molecule has 0 aliphatic rings. The molecule has 62 valence electrons. The molecule has 1 heterocycles. The Balaban J connectivity index is 2.50. The predicted molar refractivity (Wildman–Crippen MR) is 44.0 cm³/mol. The largest absolute Gasteiger partial charge is 0.493 e. The van der Waals surface area contributed by atoms with Crippen LogP contribution in [0.25, 0.3) is 0 Å². The number of hydrogen-bond acceptors (Lipinski definition) is 4. The highest BCUT2D eigenvalue weighted by atomic mass is 32.1. The van der Waals surface area contributed by atoms with E-state index in [4.69, 9.17) is 9.84 Å². The lowest BCUT2D eigenvalue weighted by Crippen LogP contribution is -2.07. The van der Waals surface area contributed by atoms with Crippen LogP contribution in [0.4, 0.5) is 0 Å². The lowest BCUT2D eigenvalue weighted by Gasteiger charge is -2.04. The zero-order valence-corrected chi connectivity index (χ0v) is 7.39. The Hall–Kier alpha value is -0.610. The van der Waals surface area contributed by atoms with Crippen LogP contribution in [0.3, 0.4) is 0 Å². The van der Waals surface area contributed by atoms with Gasteiger partial charge in [0.05, 0.1) is 16.5 Å². The molecule has 1 aromatic rings. The predicted octanol–water partition coefficient (Wildman–Crippen LogP) is 1.43. The van der Waals surface area contributed by atoms with Crippen molar-refractivity contribution in [3.63, 3.8) is 0 Å². The first-order valence-corrected chi connectivity index (χ1v) is 4.26. The maximum Gasteiger partial charge on any atom is 0.222 e. The molecule has 0 aliphatic carbocycles. The summed E-state index contributed by atoms with van der Waals surface area (Å²) in [5.41, 5.74) is 0. The van der Waals surface area contributed by atoms with Crippen LogP contribution in [0.5, 0.6) is 5.88 Å². The average molecular weight is 173 g/mol. The molecule has 0 spiro atoms. The molecule has 1 N–H and O–H groups in total. The van der Waals surface area contributed by atoms with Gasteiger partial charge in [0.15, 0.2) is 0 Å². The van der Waals surface area contributed by atoms with Crippen molar-refractivity contribution < 1.29 is 9.84 Å². The maximum atomic E-state index is 8.90. The molecule has 4 heteroatoms. The Labute approximate surface area is 69.7 Å². The molecule has 1 atom stereocenters. The second kappa shape index (κ2) is 3.69. The van der Waals surface area contributed by atoms with E-state index in [2.05, 4.69) is 4.98 Å². The van der Waals surface area contributed by atoms with Gasteiger partial charge in [-0.25, -0.2) is 4.98 Å². The Morgan fingerprint density at radius 1 is 1.82 bits per heavy atom. The van der Waals surface area contributed by atoms with E-state index < -0.39 is 0 Å². The average Bonchev–Trinajstić information content (AvgIpc) is 2.35. The minimum atomic E-state index is 0.105. The molecule has 0 bridgehead atoms. The highest BCUT2D eigenvalue weighted by molar-refractivity contribution is 7.09. The molecular formula is C7H11NO2S. The number of methoxy groups -OCH3 is 1. The molecule has 0 saturated carbocycles. The summed E-state index contributed by atoms with van der Waals surface area (Å²) in [5.74, 6) is 0.105. The summed E-state index contributed by atoms with van der Waals surface area (Å²) >= 11 is 1.45. The van der Waals surface area contributed by atoms with Crippen molar-refractivity contribution in [3.8, 4) is 5.88 Å². The van der Waals surface area contributed by atoms with Crippen molar-refractivity contribution in [1.29, 1.82) is 0 Å². The number of aromatic hydroxyl groups is 1. The van der Waals surface area contributed by atoms with E-state index in [1.807, 2.05) is 6.92 Å². The lowest BCUT2D eigenvalue weighted by atomic mass is 10.3. The van der Waals surface area contributed by atoms with Crippen LogP contribution >= 0.6 is 11.3 Å². The third kappa shape index (κ3) is 2.48. The van der Waals surface area contributed by atoms with Crippen molar-refractivity contribution in [2.24, 2.45) is 0 Å². The minimum Gasteiger partial charge on any atom is -0.493 e. The highest BCUT2D eigenvalue weighted by Gasteiger charge is 2.05. The van der Waals surface area contributed by atoms with E-state index in [1.54, 1.807) is 12.5 Å². The Kier molecular flexibility index (Phi) is 2.84. The van der Waals surface area contributed by atoms with Crippen molar-refractivity contribution in [2.75, 3.05) is 7.11 Å². The zero-order valence-electron chi connectivity index (χ0n) is 6.57. The van der Waals surface area contributed by atoms with Gasteiger partial charge in [0, 0.05) is 13.5 Å². The van der Waals surface area contributed by atoms with Crippen LogP contribution < -0.4 is 0 Å². The smallest absolute Gasteiger partial charge is 0.222 e. The van der Waals surface area contributed by atoms with Gasteiger partial charge in [0.1, 0.15) is 0 Å². The Bertz CT molecular complexity index is 224. The Morgan fingerprint density at radius 3 is 3.00 bits per heavy atom. The fourth-order valence-electron chi connectivity index (χ4n) is 0.724. The molecule has 0 amide bonds. The van der Waals surface area contributed by atoms with Gasteiger partial charge in [-0.3, -0.25) is 0 Å². The summed E-state index contributed by atoms with van der Waals surface area (Å²) in [7, 11) is 1.66. The second-order valence-electron chi connectivity index (χ2n) is 2.35. The molecular weight excluding hydrogens is 162 g/mol. The number of rotatable bonds is 3. The topological polar surface area (TPSA) is 42.4 Å². The van der Waals surface area contributed by atoms with Gasteiger partial charge in [-0.2, -0.15) is 0 Å². The maximum absolute atomic E-state index is 8.90. The van der Waals surface area contributed by atoms with Crippen molar-refractivity contribution >= 4 is 11.3 Å². The van der Waals surface area contributed by atoms with Crippen LogP contribution in [0.2, 0.25) is 0 Å². The quantitative estimate of drug-likeness (QED) is 0.751. The first-order valence-electron chi connectivity index (χ1n) is 3.38. The molecule has 1 unspecified atom stereocenters. The summed E-state index contributed by atoms with van der Waals surface area (Å²) in [4.78, 5) is 3.89. The van der Waals surface area contributed by atoms with Gasteiger partial charge in [0.25, 0.3) is 0 Å². The number of aromatic nitrogens is 1. The first kappa shape index (κ1) is 8.49. The molecule has 11 heavy (non-hydrogen) atoms. The normalized spacial score (nSPS) is 13.3. The third-order valence-electron chi connectivity index (χ3n) is 1.40. The highest BCUT2D eigenvalue weighted by Crippen LogP contribution is 2.16. The van der Waals surface area contributed by atoms with E-state index in [0.717, 1.165) is 11.4 Å². The van der Waals surface area contributed by atoms with Gasteiger partial charge < -0.3 is 9.84 Å². The molecule has 0 radical (unpaired) electrons. The zero-order chi connectivity index (χ0) is 8.27. The summed E-state index contributed by atoms with van der Waals surface area (Å²) in [6.45, 7) is 1.97. The van der Waals surface area contributed by atoms with Gasteiger partial charge in [-0.05, 0) is 6.92 Å². The first-order chi connectivity index (χ1) is 5.22. The second-order valence-corrected chi connectivity index (χ2v) is 3.29. The van der Waals surface area contributed by atoms with Crippen LogP contribution in [0.1, 0.15) is 11.9 Å². The monoisotopic (exact) mass is 173 g/mol. The standard InChI is InChI=1S/C7H11NO2S/c1-5(10-2)3-7-8-6(9)4-11-7/h4-5,9H,3H2,1-2H3. The van der Waals surface area contributed by atoms with E-state index in [9.17, 15) is 0 Å². The van der Waals surface area contributed by atoms with Crippen molar-refractivity contribution in [1.82, 2.24) is 4.98 Å². The molecule has 0 aliphatic heterocycles. The summed E-state index contributed by atoms with van der Waals surface area (Å²) in [5, 5.41) is 11.4. The Morgan fingerprint density at radius 2 is 2.55 bits per heavy atom. The molecule has 0 saturated heterocycles. The van der Waals surface area contributed by atoms with Crippen LogP contribution in [0, 0.1) is 0 Å². The van der Waals surface area contributed by atoms with Gasteiger partial charge in [-0.1, -0.05) is 0 Å². The number of nitrogens with zero attached hydrogens (tertiary/aromatic N) is 1. The summed E-state index contributed by atoms with van der Waals surface area (Å²) in [6.07, 6.45) is 0.933. The van der Waals surface area contributed by atoms with Gasteiger partial charge >= 0.3 is 0 Å². The van der Waals surface area contributed by atoms with Crippen molar-refractivity contribution in [2.45, 2.75) is 19.4 Å². The van der Waals surface area contributed by atoms with E-state index in [0.29, 0.717) is 0 Å². The lowest BCUT2D eigenvalue weighted by molar-refractivity contribution is 0.118. The van der Waals surface area contributed by atoms with E-state index in [1.165, 1.54) is 11.3 Å². The molecule has 1 rings (SSSR count). The SMILES string of the molecule is COC(C)Cc1nc(O)cs1. The molecule has 0 fully saturated rings. The van der Waals surface area contributed by atoms with E-state index >= 15 is 0 Å². The van der Waals surface area contributed by atoms with Crippen LogP contribution in [-0.4, -0.2) is 23.3 Å². The van der Waals surface area contributed by atoms with Crippen molar-refractivity contribution in [3.05, 3.63) is 10.4 Å². The third-order valence-corrected chi connectivity index (χ3v) is 2.26. The fourth-order valence-corrected chi connectivity index (χ4v) is 1.50. The van der Waals surface area contributed by atoms with Gasteiger partial charge in [-0.15, -0.1) is 11.3 Å². The molecule has 3 nitrogen and oxygen atoms in total. The number of hydrogen-bond donors (Lipinski definition) is 1. The number of ether oxygens (including phenoxy) is 1. The van der Waals surface area contributed by atoms with Gasteiger partial charge in [0.2, 0.25) is 5.88 Å². The number of thiazole rings is 1. The fraction of sp³-hybridized carbons (Fsp3) is 0.571. The van der Waals surface area contributed by atoms with Crippen LogP contribution in [-0.2, 0) is 11.2 Å². The molecule has 0 aromatic carbocycles. The summed E-state index contributed by atoms with van der Waals surface area (Å²) in [6, 6.07) is 0. The van der Waals surface area contributed by atoms with Crippen LogP contribution in [0.15, 0.2) is 5.38 Å².